The molecule has 6 nitrogen and oxygen atoms in total. The van der Waals surface area contributed by atoms with E-state index in [1.54, 1.807) is 37.3 Å². The van der Waals surface area contributed by atoms with Gasteiger partial charge in [0.25, 0.3) is 5.91 Å². The first-order valence-electron chi connectivity index (χ1n) is 8.00. The predicted molar refractivity (Wildman–Crippen MR) is 101 cm³/mol. The molecule has 27 heavy (non-hydrogen) atoms. The third-order valence-corrected chi connectivity index (χ3v) is 4.00. The van der Waals surface area contributed by atoms with Crippen LogP contribution in [0.15, 0.2) is 48.8 Å². The fourth-order valence-electron chi connectivity index (χ4n) is 2.35. The van der Waals surface area contributed by atoms with Crippen molar-refractivity contribution in [3.63, 3.8) is 0 Å². The van der Waals surface area contributed by atoms with E-state index in [2.05, 4.69) is 15.3 Å². The Morgan fingerprint density at radius 1 is 1.22 bits per heavy atom. The van der Waals surface area contributed by atoms with E-state index in [1.807, 2.05) is 0 Å². The Balaban J connectivity index is 1.80. The molecule has 0 aliphatic carbocycles. The summed E-state index contributed by atoms with van der Waals surface area (Å²) in [5.74, 6) is 0.518. The van der Waals surface area contributed by atoms with Crippen LogP contribution < -0.4 is 15.8 Å². The van der Waals surface area contributed by atoms with E-state index in [0.717, 1.165) is 5.56 Å². The van der Waals surface area contributed by atoms with Gasteiger partial charge in [0.05, 0.1) is 0 Å². The van der Waals surface area contributed by atoms with Crippen LogP contribution in [0.5, 0.6) is 11.5 Å². The van der Waals surface area contributed by atoms with Gasteiger partial charge in [-0.3, -0.25) is 4.79 Å². The minimum absolute atomic E-state index is 0.113. The van der Waals surface area contributed by atoms with Gasteiger partial charge in [-0.2, -0.15) is 0 Å². The van der Waals surface area contributed by atoms with E-state index >= 15 is 0 Å². The van der Waals surface area contributed by atoms with E-state index in [0.29, 0.717) is 34.4 Å². The van der Waals surface area contributed by atoms with Gasteiger partial charge in [-0.25, -0.2) is 14.4 Å². The summed E-state index contributed by atoms with van der Waals surface area (Å²) in [7, 11) is 0. The Bertz CT molecular complexity index is 997. The summed E-state index contributed by atoms with van der Waals surface area (Å²) in [6.07, 6.45) is 1.25. The number of amides is 1. The zero-order valence-corrected chi connectivity index (χ0v) is 15.1. The van der Waals surface area contributed by atoms with Crippen molar-refractivity contribution < 1.29 is 13.9 Å². The molecule has 0 radical (unpaired) electrons. The number of benzene rings is 2. The molecule has 0 fully saturated rings. The Kier molecular flexibility index (Phi) is 5.52. The molecule has 0 saturated carbocycles. The third kappa shape index (κ3) is 4.71. The smallest absolute Gasteiger partial charge is 0.267 e. The number of aromatic nitrogens is 2. The minimum Gasteiger partial charge on any atom is -0.457 e. The second-order valence-electron chi connectivity index (χ2n) is 5.77. The van der Waals surface area contributed by atoms with Crippen molar-refractivity contribution in [3.05, 3.63) is 76.5 Å². The normalized spacial score (nSPS) is 10.5. The molecule has 0 aliphatic rings. The fourth-order valence-corrected chi connectivity index (χ4v) is 2.51. The molecule has 0 bridgehead atoms. The highest BCUT2D eigenvalue weighted by Crippen LogP contribution is 2.30. The fraction of sp³-hybridized carbons (Fsp3) is 0.105. The topological polar surface area (TPSA) is 90.1 Å². The molecule has 2 aromatic carbocycles. The van der Waals surface area contributed by atoms with Crippen LogP contribution in [0.2, 0.25) is 5.02 Å². The number of aryl methyl sites for hydroxylation is 1. The Morgan fingerprint density at radius 2 is 2.04 bits per heavy atom. The van der Waals surface area contributed by atoms with Gasteiger partial charge in [-0.1, -0.05) is 17.7 Å². The molecule has 1 aromatic heterocycles. The minimum atomic E-state index is -0.636. The lowest BCUT2D eigenvalue weighted by molar-refractivity contribution is 0.0995. The zero-order valence-electron chi connectivity index (χ0n) is 14.4. The molecule has 0 saturated heterocycles. The first-order valence-corrected chi connectivity index (χ1v) is 8.38. The van der Waals surface area contributed by atoms with Gasteiger partial charge < -0.3 is 15.8 Å². The quantitative estimate of drug-likeness (QED) is 0.666. The van der Waals surface area contributed by atoms with Crippen LogP contribution in [0.4, 0.5) is 10.2 Å². The summed E-state index contributed by atoms with van der Waals surface area (Å²) in [5, 5.41) is 3.59. The Labute approximate surface area is 160 Å². The molecule has 0 aliphatic heterocycles. The van der Waals surface area contributed by atoms with Gasteiger partial charge in [0.1, 0.15) is 35.2 Å². The molecule has 0 spiro atoms. The SMILES string of the molecule is Cc1cc(Oc2cc(Cl)ccc2CNc2cc(C(N)=O)ncn2)ccc1F. The van der Waals surface area contributed by atoms with Gasteiger partial charge in [-0.15, -0.1) is 0 Å². The highest BCUT2D eigenvalue weighted by Gasteiger charge is 2.09. The van der Waals surface area contributed by atoms with Crippen LogP contribution in [0.3, 0.4) is 0 Å². The highest BCUT2D eigenvalue weighted by atomic mass is 35.5. The summed E-state index contributed by atoms with van der Waals surface area (Å²) in [4.78, 5) is 19.1. The van der Waals surface area contributed by atoms with Gasteiger partial charge in [0.2, 0.25) is 0 Å². The molecule has 138 valence electrons. The Hall–Kier alpha value is -3.19. The summed E-state index contributed by atoms with van der Waals surface area (Å²) in [5.41, 5.74) is 6.61. The van der Waals surface area contributed by atoms with Crippen LogP contribution in [0.25, 0.3) is 0 Å². The number of anilines is 1. The summed E-state index contributed by atoms with van der Waals surface area (Å²) >= 11 is 6.08. The number of rotatable bonds is 6. The van der Waals surface area contributed by atoms with E-state index < -0.39 is 5.91 Å². The Morgan fingerprint density at radius 3 is 2.78 bits per heavy atom. The van der Waals surface area contributed by atoms with E-state index in [9.17, 15) is 9.18 Å². The van der Waals surface area contributed by atoms with Gasteiger partial charge >= 0.3 is 0 Å². The van der Waals surface area contributed by atoms with Crippen molar-refractivity contribution in [3.8, 4) is 11.5 Å². The number of carbonyl (C=O) groups is 1. The van der Waals surface area contributed by atoms with Crippen molar-refractivity contribution in [2.45, 2.75) is 13.5 Å². The molecule has 1 amide bonds. The largest absolute Gasteiger partial charge is 0.457 e. The van der Waals surface area contributed by atoms with Crippen molar-refractivity contribution >= 4 is 23.3 Å². The average Bonchev–Trinajstić information content (AvgIpc) is 2.64. The van der Waals surface area contributed by atoms with E-state index in [1.165, 1.54) is 18.5 Å². The first kappa shape index (κ1) is 18.6. The number of carbonyl (C=O) groups excluding carboxylic acids is 1. The van der Waals surface area contributed by atoms with Crippen LogP contribution in [-0.2, 0) is 6.54 Å². The average molecular weight is 387 g/mol. The van der Waals surface area contributed by atoms with Gasteiger partial charge in [0, 0.05) is 23.2 Å². The number of hydrogen-bond acceptors (Lipinski definition) is 5. The maximum absolute atomic E-state index is 13.4. The second kappa shape index (κ2) is 8.01. The lowest BCUT2D eigenvalue weighted by atomic mass is 10.2. The van der Waals surface area contributed by atoms with Crippen molar-refractivity contribution in [2.24, 2.45) is 5.73 Å². The van der Waals surface area contributed by atoms with Crippen LogP contribution in [0, 0.1) is 12.7 Å². The maximum Gasteiger partial charge on any atom is 0.267 e. The monoisotopic (exact) mass is 386 g/mol. The van der Waals surface area contributed by atoms with E-state index in [-0.39, 0.29) is 11.5 Å². The van der Waals surface area contributed by atoms with Crippen LogP contribution in [0.1, 0.15) is 21.6 Å². The van der Waals surface area contributed by atoms with Crippen molar-refractivity contribution in [2.75, 3.05) is 5.32 Å². The first-order chi connectivity index (χ1) is 12.9. The number of ether oxygens (including phenoxy) is 1. The number of hydrogen-bond donors (Lipinski definition) is 2. The van der Waals surface area contributed by atoms with Crippen LogP contribution in [-0.4, -0.2) is 15.9 Å². The highest BCUT2D eigenvalue weighted by molar-refractivity contribution is 6.30. The second-order valence-corrected chi connectivity index (χ2v) is 6.21. The zero-order chi connectivity index (χ0) is 19.4. The molecule has 3 N–H and O–H groups in total. The number of nitrogens with two attached hydrogens (primary N) is 1. The molecule has 1 heterocycles. The molecule has 0 unspecified atom stereocenters. The molecular formula is C19H16ClFN4O2. The van der Waals surface area contributed by atoms with Gasteiger partial charge in [0.15, 0.2) is 0 Å². The standard InChI is InChI=1S/C19H16ClFN4O2/c1-11-6-14(4-5-15(11)21)27-17-7-13(20)3-2-12(17)9-23-18-8-16(19(22)26)24-10-25-18/h2-8,10H,9H2,1H3,(H2,22,26)(H,23,24,25). The van der Waals surface area contributed by atoms with Crippen LogP contribution >= 0.6 is 11.6 Å². The van der Waals surface area contributed by atoms with Gasteiger partial charge in [-0.05, 0) is 42.8 Å². The maximum atomic E-state index is 13.4. The molecule has 8 heteroatoms. The number of primary amides is 1. The third-order valence-electron chi connectivity index (χ3n) is 3.77. The molecular weight excluding hydrogens is 371 g/mol. The molecule has 0 atom stereocenters. The van der Waals surface area contributed by atoms with Crippen molar-refractivity contribution in [1.82, 2.24) is 9.97 Å². The lowest BCUT2D eigenvalue weighted by Crippen LogP contribution is -2.14. The molecule has 3 aromatic rings. The summed E-state index contributed by atoms with van der Waals surface area (Å²) in [6.45, 7) is 2.01. The number of nitrogens with one attached hydrogen (secondary N) is 1. The summed E-state index contributed by atoms with van der Waals surface area (Å²) in [6, 6.07) is 11.2. The number of halogens is 2. The van der Waals surface area contributed by atoms with Crippen molar-refractivity contribution in [1.29, 1.82) is 0 Å². The molecule has 3 rings (SSSR count). The predicted octanol–water partition coefficient (Wildman–Crippen LogP) is 4.08. The van der Waals surface area contributed by atoms with E-state index in [4.69, 9.17) is 22.1 Å². The number of nitrogens with zero attached hydrogens (tertiary/aromatic N) is 2. The lowest BCUT2D eigenvalue weighted by Gasteiger charge is -2.13. The summed E-state index contributed by atoms with van der Waals surface area (Å²) < 4.78 is 19.3.